The van der Waals surface area contributed by atoms with E-state index in [2.05, 4.69) is 17.2 Å². The first-order chi connectivity index (χ1) is 8.50. The second-order valence-electron chi connectivity index (χ2n) is 4.03. The van der Waals surface area contributed by atoms with Gasteiger partial charge >= 0.3 is 0 Å². The Balaban J connectivity index is 2.66. The number of aryl methyl sites for hydroxylation is 1. The van der Waals surface area contributed by atoms with E-state index < -0.39 is 3.79 Å². The molecule has 1 aromatic rings. The number of unbranched alkanes of at least 4 members (excludes halogenated alkanes) is 4. The molecule has 7 heteroatoms. The second-order valence-corrected chi connectivity index (χ2v) is 6.31. The lowest BCUT2D eigenvalue weighted by molar-refractivity contribution is 0.508. The van der Waals surface area contributed by atoms with Gasteiger partial charge in [-0.3, -0.25) is 0 Å². The largest absolute Gasteiger partial charge is 0.244 e. The van der Waals surface area contributed by atoms with E-state index in [1.54, 1.807) is 0 Å². The smallest absolute Gasteiger partial charge is 0.235 e. The van der Waals surface area contributed by atoms with Crippen molar-refractivity contribution in [1.82, 2.24) is 15.0 Å². The third-order valence-electron chi connectivity index (χ3n) is 2.58. The zero-order valence-corrected chi connectivity index (χ0v) is 12.4. The topological polar surface area (TPSA) is 54.5 Å². The molecule has 0 aliphatic carbocycles. The normalized spacial score (nSPS) is 11.5. The average Bonchev–Trinajstić information content (AvgIpc) is 2.71. The van der Waals surface area contributed by atoms with Gasteiger partial charge in [-0.15, -0.1) is 5.10 Å². The number of alkyl halides is 3. The molecule has 0 aliphatic rings. The molecule has 1 aromatic heterocycles. The Morgan fingerprint density at radius 3 is 2.44 bits per heavy atom. The Hall–Kier alpha value is -0.500. The standard InChI is InChI=1S/C11H15Cl3N4/c1-2-3-4-5-6-7-18-10(11(12,13)14)9(8-15)16-17-18/h2-7H2,1H3. The van der Waals surface area contributed by atoms with Gasteiger partial charge in [0, 0.05) is 6.54 Å². The molecule has 0 unspecified atom stereocenters. The average molecular weight is 310 g/mol. The highest BCUT2D eigenvalue weighted by Crippen LogP contribution is 2.39. The highest BCUT2D eigenvalue weighted by atomic mass is 35.6. The van der Waals surface area contributed by atoms with E-state index >= 15 is 0 Å². The van der Waals surface area contributed by atoms with Crippen LogP contribution >= 0.6 is 34.8 Å². The number of nitrogens with zero attached hydrogens (tertiary/aromatic N) is 4. The molecule has 0 radical (unpaired) electrons. The maximum absolute atomic E-state index is 8.89. The Bertz CT molecular complexity index is 417. The summed E-state index contributed by atoms with van der Waals surface area (Å²) in [5.41, 5.74) is 0.328. The van der Waals surface area contributed by atoms with E-state index in [-0.39, 0.29) is 11.4 Å². The Morgan fingerprint density at radius 1 is 1.22 bits per heavy atom. The highest BCUT2D eigenvalue weighted by molar-refractivity contribution is 6.66. The fourth-order valence-corrected chi connectivity index (χ4v) is 2.25. The molecule has 1 rings (SSSR count). The van der Waals surface area contributed by atoms with Gasteiger partial charge in [-0.2, -0.15) is 5.26 Å². The van der Waals surface area contributed by atoms with Crippen LogP contribution < -0.4 is 0 Å². The van der Waals surface area contributed by atoms with Gasteiger partial charge in [-0.25, -0.2) is 4.68 Å². The van der Waals surface area contributed by atoms with Gasteiger partial charge < -0.3 is 0 Å². The van der Waals surface area contributed by atoms with Gasteiger partial charge in [0.25, 0.3) is 0 Å². The molecule has 18 heavy (non-hydrogen) atoms. The highest BCUT2D eigenvalue weighted by Gasteiger charge is 2.32. The molecule has 4 nitrogen and oxygen atoms in total. The van der Waals surface area contributed by atoms with Crippen LogP contribution in [0.2, 0.25) is 0 Å². The van der Waals surface area contributed by atoms with Gasteiger partial charge in [0.15, 0.2) is 5.69 Å². The first-order valence-electron chi connectivity index (χ1n) is 5.91. The fraction of sp³-hybridized carbons (Fsp3) is 0.727. The maximum Gasteiger partial charge on any atom is 0.235 e. The van der Waals surface area contributed by atoms with Crippen LogP contribution in [0.25, 0.3) is 0 Å². The summed E-state index contributed by atoms with van der Waals surface area (Å²) in [6, 6.07) is 1.89. The van der Waals surface area contributed by atoms with Crippen molar-refractivity contribution in [2.75, 3.05) is 0 Å². The SMILES string of the molecule is CCCCCCCn1nnc(C#N)c1C(Cl)(Cl)Cl. The molecule has 0 amide bonds. The molecule has 0 aromatic carbocycles. The summed E-state index contributed by atoms with van der Waals surface area (Å²) in [4.78, 5) is 0. The summed E-state index contributed by atoms with van der Waals surface area (Å²) in [5, 5.41) is 16.5. The Morgan fingerprint density at radius 2 is 1.89 bits per heavy atom. The number of halogens is 3. The van der Waals surface area contributed by atoms with Crippen molar-refractivity contribution >= 4 is 34.8 Å². The van der Waals surface area contributed by atoms with Crippen LogP contribution in [0.5, 0.6) is 0 Å². The van der Waals surface area contributed by atoms with E-state index in [1.165, 1.54) is 23.9 Å². The molecular weight excluding hydrogens is 295 g/mol. The van der Waals surface area contributed by atoms with Crippen molar-refractivity contribution in [2.24, 2.45) is 0 Å². The third kappa shape index (κ3) is 4.31. The van der Waals surface area contributed by atoms with E-state index in [0.29, 0.717) is 6.54 Å². The summed E-state index contributed by atoms with van der Waals surface area (Å²) in [6.45, 7) is 2.78. The Labute approximate surface area is 122 Å². The zero-order chi connectivity index (χ0) is 13.6. The molecular formula is C11H15Cl3N4. The van der Waals surface area contributed by atoms with Crippen molar-refractivity contribution in [3.8, 4) is 6.07 Å². The van der Waals surface area contributed by atoms with Crippen LogP contribution in [0, 0.1) is 11.3 Å². The van der Waals surface area contributed by atoms with Crippen molar-refractivity contribution in [3.63, 3.8) is 0 Å². The zero-order valence-electron chi connectivity index (χ0n) is 10.2. The van der Waals surface area contributed by atoms with Crippen LogP contribution in [0.1, 0.15) is 50.4 Å². The van der Waals surface area contributed by atoms with Gasteiger partial charge in [0.2, 0.25) is 3.79 Å². The minimum atomic E-state index is -1.67. The number of nitriles is 1. The van der Waals surface area contributed by atoms with E-state index in [9.17, 15) is 0 Å². The van der Waals surface area contributed by atoms with E-state index in [1.807, 2.05) is 6.07 Å². The molecule has 100 valence electrons. The quantitative estimate of drug-likeness (QED) is 0.590. The minimum absolute atomic E-state index is 0.0727. The monoisotopic (exact) mass is 308 g/mol. The summed E-state index contributed by atoms with van der Waals surface area (Å²) in [5.74, 6) is 0. The number of aromatic nitrogens is 3. The van der Waals surface area contributed by atoms with Crippen LogP contribution in [-0.2, 0) is 10.3 Å². The van der Waals surface area contributed by atoms with Gasteiger partial charge in [-0.05, 0) is 6.42 Å². The second kappa shape index (κ2) is 7.18. The van der Waals surface area contributed by atoms with E-state index in [0.717, 1.165) is 12.8 Å². The molecule has 0 spiro atoms. The predicted octanol–water partition coefficient (Wildman–Crippen LogP) is 3.95. The van der Waals surface area contributed by atoms with Crippen molar-refractivity contribution in [1.29, 1.82) is 5.26 Å². The lowest BCUT2D eigenvalue weighted by atomic mass is 10.1. The Kier molecular flexibility index (Phi) is 6.20. The van der Waals surface area contributed by atoms with Gasteiger partial charge in [0.05, 0.1) is 0 Å². The molecule has 0 fully saturated rings. The van der Waals surface area contributed by atoms with Crippen LogP contribution in [0.3, 0.4) is 0 Å². The molecule has 1 heterocycles. The molecule has 0 bridgehead atoms. The van der Waals surface area contributed by atoms with Crippen molar-refractivity contribution in [3.05, 3.63) is 11.4 Å². The molecule has 0 saturated carbocycles. The number of rotatable bonds is 6. The van der Waals surface area contributed by atoms with Crippen LogP contribution in [0.15, 0.2) is 0 Å². The fourth-order valence-electron chi connectivity index (χ4n) is 1.69. The summed E-state index contributed by atoms with van der Waals surface area (Å²) in [6.07, 6.45) is 5.62. The third-order valence-corrected chi connectivity index (χ3v) is 3.12. The summed E-state index contributed by atoms with van der Waals surface area (Å²) >= 11 is 17.5. The lowest BCUT2D eigenvalue weighted by Gasteiger charge is -2.13. The van der Waals surface area contributed by atoms with Crippen LogP contribution in [0.4, 0.5) is 0 Å². The summed E-state index contributed by atoms with van der Waals surface area (Å²) in [7, 11) is 0. The lowest BCUT2D eigenvalue weighted by Crippen LogP contribution is -2.13. The van der Waals surface area contributed by atoms with Crippen molar-refractivity contribution in [2.45, 2.75) is 49.4 Å². The van der Waals surface area contributed by atoms with Gasteiger partial charge in [-0.1, -0.05) is 72.6 Å². The first kappa shape index (κ1) is 15.6. The molecule has 0 N–H and O–H groups in total. The number of hydrogen-bond donors (Lipinski definition) is 0. The summed E-state index contributed by atoms with van der Waals surface area (Å²) < 4.78 is -0.157. The van der Waals surface area contributed by atoms with Crippen molar-refractivity contribution < 1.29 is 0 Å². The molecule has 0 aliphatic heterocycles. The molecule has 0 atom stereocenters. The molecule has 0 saturated heterocycles. The van der Waals surface area contributed by atoms with Gasteiger partial charge in [0.1, 0.15) is 11.8 Å². The first-order valence-corrected chi connectivity index (χ1v) is 7.04. The maximum atomic E-state index is 8.89. The predicted molar refractivity (Wildman–Crippen MR) is 72.7 cm³/mol. The van der Waals surface area contributed by atoms with E-state index in [4.69, 9.17) is 40.1 Å². The van der Waals surface area contributed by atoms with Crippen LogP contribution in [-0.4, -0.2) is 15.0 Å². The minimum Gasteiger partial charge on any atom is -0.244 e. The number of hydrogen-bond acceptors (Lipinski definition) is 3.